The summed E-state index contributed by atoms with van der Waals surface area (Å²) in [6, 6.07) is 0. The summed E-state index contributed by atoms with van der Waals surface area (Å²) < 4.78 is 33.5. The highest BCUT2D eigenvalue weighted by atomic mass is 16.6. The Kier molecular flexibility index (Phi) is 46.5. The summed E-state index contributed by atoms with van der Waals surface area (Å²) in [5.74, 6) is -2.03. The molecule has 13 nitrogen and oxygen atoms in total. The molecule has 0 aliphatic heterocycles. The van der Waals surface area contributed by atoms with Gasteiger partial charge in [-0.2, -0.15) is 0 Å². The second-order valence-corrected chi connectivity index (χ2v) is 21.0. The van der Waals surface area contributed by atoms with Crippen LogP contribution in [0.2, 0.25) is 0 Å². The maximum Gasteiger partial charge on any atom is 0.306 e. The first-order valence-corrected chi connectivity index (χ1v) is 29.5. The lowest BCUT2D eigenvalue weighted by atomic mass is 9.92. The van der Waals surface area contributed by atoms with Gasteiger partial charge in [0.1, 0.15) is 19.8 Å². The third kappa shape index (κ3) is 44.3. The lowest BCUT2D eigenvalue weighted by Gasteiger charge is -2.30. The SMILES string of the molecule is CCCCCCCCC(C)OC(=O)CCCCCCC(=O)OCC(CO)(COC(=O)CCCCCCC(=O)OC(C)CCCCCCCC)COC(=O)CCCCCCC(=O)OC(C)CCCCCCCC. The zero-order valence-electron chi connectivity index (χ0n) is 47.0. The Morgan fingerprint density at radius 3 is 0.764 bits per heavy atom. The molecule has 0 radical (unpaired) electrons. The maximum absolute atomic E-state index is 12.9. The summed E-state index contributed by atoms with van der Waals surface area (Å²) in [7, 11) is 0. The maximum atomic E-state index is 12.9. The zero-order valence-corrected chi connectivity index (χ0v) is 47.0. The van der Waals surface area contributed by atoms with Crippen LogP contribution < -0.4 is 0 Å². The molecule has 3 unspecified atom stereocenters. The number of carbonyl (C=O) groups is 6. The van der Waals surface area contributed by atoms with Crippen molar-refractivity contribution in [1.82, 2.24) is 0 Å². The Morgan fingerprint density at radius 2 is 0.528 bits per heavy atom. The van der Waals surface area contributed by atoms with E-state index in [-0.39, 0.29) is 75.3 Å². The zero-order chi connectivity index (χ0) is 53.3. The summed E-state index contributed by atoms with van der Waals surface area (Å²) in [4.78, 5) is 75.6. The molecule has 0 fully saturated rings. The minimum atomic E-state index is -1.35. The molecule has 0 bridgehead atoms. The number of aliphatic hydroxyl groups excluding tert-OH is 1. The second-order valence-electron chi connectivity index (χ2n) is 21.0. The minimum absolute atomic E-state index is 0.0851. The third-order valence-corrected chi connectivity index (χ3v) is 13.4. The topological polar surface area (TPSA) is 178 Å². The van der Waals surface area contributed by atoms with Crippen LogP contribution >= 0.6 is 0 Å². The summed E-state index contributed by atoms with van der Waals surface area (Å²) in [6.07, 6.45) is 33.5. The van der Waals surface area contributed by atoms with Crippen molar-refractivity contribution in [2.75, 3.05) is 26.4 Å². The van der Waals surface area contributed by atoms with Gasteiger partial charge in [0.15, 0.2) is 0 Å². The van der Waals surface area contributed by atoms with Crippen molar-refractivity contribution in [2.24, 2.45) is 5.41 Å². The largest absolute Gasteiger partial charge is 0.465 e. The van der Waals surface area contributed by atoms with Crippen LogP contribution in [0.3, 0.4) is 0 Å². The van der Waals surface area contributed by atoms with Gasteiger partial charge in [0.25, 0.3) is 0 Å². The number of esters is 6. The predicted molar refractivity (Wildman–Crippen MR) is 286 cm³/mol. The van der Waals surface area contributed by atoms with E-state index in [0.717, 1.165) is 96.3 Å². The van der Waals surface area contributed by atoms with E-state index in [1.165, 1.54) is 77.0 Å². The van der Waals surface area contributed by atoms with Gasteiger partial charge in [-0.15, -0.1) is 0 Å². The molecule has 0 aliphatic carbocycles. The first-order chi connectivity index (χ1) is 34.8. The van der Waals surface area contributed by atoms with Gasteiger partial charge in [-0.25, -0.2) is 0 Å². The first kappa shape index (κ1) is 68.8. The highest BCUT2D eigenvalue weighted by Gasteiger charge is 2.35. The standard InChI is InChI=1S/C59H108O13/c1-7-10-13-16-19-28-37-50(4)70-56(64)43-34-25-22-31-40-53(61)67-47-59(46-60,48-68-54(62)41-32-23-26-35-44-57(65)71-51(5)38-29-20-17-14-11-8-2)49-69-55(63)42-33-24-27-36-45-58(66)72-52(6)39-30-21-18-15-12-9-3/h50-52,60H,7-49H2,1-6H3. The van der Waals surface area contributed by atoms with Gasteiger partial charge in [-0.1, -0.05) is 156 Å². The molecule has 0 aromatic heterocycles. The lowest BCUT2D eigenvalue weighted by molar-refractivity contribution is -0.165. The molecule has 0 saturated heterocycles. The molecule has 422 valence electrons. The van der Waals surface area contributed by atoms with Crippen molar-refractivity contribution in [2.45, 2.75) is 310 Å². The average molecular weight is 1030 g/mol. The number of unbranched alkanes of at least 4 members (excludes halogenated alkanes) is 24. The van der Waals surface area contributed by atoms with Crippen LogP contribution in [0.4, 0.5) is 0 Å². The molecular formula is C59H108O13. The fourth-order valence-corrected chi connectivity index (χ4v) is 8.52. The van der Waals surface area contributed by atoms with Gasteiger partial charge in [0.05, 0.1) is 30.3 Å². The predicted octanol–water partition coefficient (Wildman–Crippen LogP) is 14.7. The monoisotopic (exact) mass is 1020 g/mol. The smallest absolute Gasteiger partial charge is 0.306 e. The molecule has 13 heteroatoms. The van der Waals surface area contributed by atoms with Crippen molar-refractivity contribution in [3.63, 3.8) is 0 Å². The minimum Gasteiger partial charge on any atom is -0.465 e. The number of aliphatic hydroxyl groups is 1. The van der Waals surface area contributed by atoms with Gasteiger partial charge in [-0.05, 0) is 97.8 Å². The molecule has 0 aromatic carbocycles. The van der Waals surface area contributed by atoms with Crippen molar-refractivity contribution in [3.05, 3.63) is 0 Å². The van der Waals surface area contributed by atoms with Crippen LogP contribution in [0.1, 0.15) is 292 Å². The van der Waals surface area contributed by atoms with Crippen LogP contribution in [0, 0.1) is 5.41 Å². The number of hydrogen-bond acceptors (Lipinski definition) is 13. The van der Waals surface area contributed by atoms with Gasteiger partial charge < -0.3 is 33.5 Å². The van der Waals surface area contributed by atoms with Crippen molar-refractivity contribution >= 4 is 35.8 Å². The van der Waals surface area contributed by atoms with Gasteiger partial charge >= 0.3 is 35.8 Å². The van der Waals surface area contributed by atoms with E-state index < -0.39 is 29.9 Å². The van der Waals surface area contributed by atoms with Crippen LogP contribution in [0.5, 0.6) is 0 Å². The fourth-order valence-electron chi connectivity index (χ4n) is 8.52. The Balaban J connectivity index is 4.87. The van der Waals surface area contributed by atoms with E-state index in [9.17, 15) is 33.9 Å². The van der Waals surface area contributed by atoms with E-state index >= 15 is 0 Å². The summed E-state index contributed by atoms with van der Waals surface area (Å²) in [6.45, 7) is 11.0. The first-order valence-electron chi connectivity index (χ1n) is 29.5. The second kappa shape index (κ2) is 48.7. The van der Waals surface area contributed by atoms with Gasteiger partial charge in [0.2, 0.25) is 0 Å². The van der Waals surface area contributed by atoms with E-state index in [4.69, 9.17) is 28.4 Å². The van der Waals surface area contributed by atoms with Crippen LogP contribution in [-0.4, -0.2) is 85.7 Å². The number of ether oxygens (including phenoxy) is 6. The Bertz CT molecular complexity index is 1200. The Morgan fingerprint density at radius 1 is 0.319 bits per heavy atom. The van der Waals surface area contributed by atoms with Crippen molar-refractivity contribution in [1.29, 1.82) is 0 Å². The molecule has 0 aliphatic rings. The van der Waals surface area contributed by atoms with Crippen molar-refractivity contribution in [3.8, 4) is 0 Å². The lowest BCUT2D eigenvalue weighted by Crippen LogP contribution is -2.42. The third-order valence-electron chi connectivity index (χ3n) is 13.4. The highest BCUT2D eigenvalue weighted by Crippen LogP contribution is 2.22. The summed E-state index contributed by atoms with van der Waals surface area (Å²) >= 11 is 0. The Labute approximate surface area is 438 Å². The molecule has 0 saturated carbocycles. The van der Waals surface area contributed by atoms with E-state index in [1.54, 1.807) is 0 Å². The fraction of sp³-hybridized carbons (Fsp3) is 0.898. The van der Waals surface area contributed by atoms with Gasteiger partial charge in [0, 0.05) is 38.5 Å². The van der Waals surface area contributed by atoms with Gasteiger partial charge in [-0.3, -0.25) is 28.8 Å². The Hall–Kier alpha value is -3.22. The molecule has 1 N–H and O–H groups in total. The molecule has 0 amide bonds. The molecule has 72 heavy (non-hydrogen) atoms. The average Bonchev–Trinajstić information content (AvgIpc) is 3.35. The molecule has 0 heterocycles. The van der Waals surface area contributed by atoms with Crippen LogP contribution in [-0.2, 0) is 57.2 Å². The number of hydrogen-bond donors (Lipinski definition) is 1. The normalized spacial score (nSPS) is 13.4. The number of carbonyl (C=O) groups excluding carboxylic acids is 6. The quantitative estimate of drug-likeness (QED) is 0.0346. The number of rotatable bonds is 52. The molecule has 0 rings (SSSR count). The molecule has 0 spiro atoms. The molecule has 3 atom stereocenters. The molecule has 0 aromatic rings. The van der Waals surface area contributed by atoms with E-state index in [0.29, 0.717) is 57.8 Å². The van der Waals surface area contributed by atoms with Crippen LogP contribution in [0.25, 0.3) is 0 Å². The summed E-state index contributed by atoms with van der Waals surface area (Å²) in [5.41, 5.74) is -1.35. The van der Waals surface area contributed by atoms with Crippen molar-refractivity contribution < 1.29 is 62.3 Å². The van der Waals surface area contributed by atoms with E-state index in [2.05, 4.69) is 20.8 Å². The van der Waals surface area contributed by atoms with E-state index in [1.807, 2.05) is 20.8 Å². The summed E-state index contributed by atoms with van der Waals surface area (Å²) in [5, 5.41) is 10.6. The van der Waals surface area contributed by atoms with Crippen LogP contribution in [0.15, 0.2) is 0 Å². The molecular weight excluding hydrogens is 917 g/mol. The highest BCUT2D eigenvalue weighted by molar-refractivity contribution is 5.71.